The number of benzene rings is 2. The first-order valence-electron chi connectivity index (χ1n) is 6.66. The third-order valence-electron chi connectivity index (χ3n) is 3.16. The number of para-hydroxylation sites is 1. The van der Waals surface area contributed by atoms with Gasteiger partial charge in [0, 0.05) is 10.0 Å². The van der Waals surface area contributed by atoms with E-state index in [0.717, 1.165) is 4.47 Å². The summed E-state index contributed by atoms with van der Waals surface area (Å²) in [6.45, 7) is 0. The lowest BCUT2D eigenvalue weighted by molar-refractivity contribution is 0.0997. The maximum absolute atomic E-state index is 13.2. The second-order valence-corrected chi connectivity index (χ2v) is 5.99. The van der Waals surface area contributed by atoms with Crippen molar-refractivity contribution in [3.05, 3.63) is 75.7 Å². The van der Waals surface area contributed by atoms with Crippen molar-refractivity contribution in [2.45, 2.75) is 0 Å². The molecule has 0 saturated heterocycles. The zero-order valence-corrected chi connectivity index (χ0v) is 14.0. The molecule has 3 rings (SSSR count). The quantitative estimate of drug-likeness (QED) is 0.614. The van der Waals surface area contributed by atoms with E-state index < -0.39 is 5.82 Å². The minimum absolute atomic E-state index is 0.00174. The van der Waals surface area contributed by atoms with Gasteiger partial charge in [0.1, 0.15) is 11.6 Å². The fraction of sp³-hybridized carbons (Fsp3) is 0. The van der Waals surface area contributed by atoms with Gasteiger partial charge in [0.25, 0.3) is 5.91 Å². The molecule has 0 aliphatic carbocycles. The summed E-state index contributed by atoms with van der Waals surface area (Å²) in [7, 11) is 0. The number of hydrogen-bond donors (Lipinski definition) is 1. The third kappa shape index (κ3) is 3.46. The molecule has 2 aromatic carbocycles. The Bertz CT molecular complexity index is 879. The minimum atomic E-state index is -0.506. The number of furan rings is 1. The molecule has 0 fully saturated rings. The van der Waals surface area contributed by atoms with E-state index in [1.54, 1.807) is 18.2 Å². The van der Waals surface area contributed by atoms with Crippen LogP contribution in [0.25, 0.3) is 11.3 Å². The molecular formula is C17H10BrClFNO2. The van der Waals surface area contributed by atoms with Crippen LogP contribution in [0.2, 0.25) is 5.02 Å². The van der Waals surface area contributed by atoms with Gasteiger partial charge in [0.2, 0.25) is 0 Å². The van der Waals surface area contributed by atoms with Crippen molar-refractivity contribution in [2.75, 3.05) is 5.32 Å². The minimum Gasteiger partial charge on any atom is -0.451 e. The molecule has 0 atom stereocenters. The highest BCUT2D eigenvalue weighted by Crippen LogP contribution is 2.27. The Morgan fingerprint density at radius 3 is 2.65 bits per heavy atom. The topological polar surface area (TPSA) is 42.2 Å². The summed E-state index contributed by atoms with van der Waals surface area (Å²) in [5.74, 6) is -0.300. The van der Waals surface area contributed by atoms with E-state index in [9.17, 15) is 9.18 Å². The monoisotopic (exact) mass is 393 g/mol. The van der Waals surface area contributed by atoms with E-state index in [-0.39, 0.29) is 16.7 Å². The van der Waals surface area contributed by atoms with Gasteiger partial charge in [-0.15, -0.1) is 0 Å². The second kappa shape index (κ2) is 6.56. The molecule has 0 unspecified atom stereocenters. The van der Waals surface area contributed by atoms with Crippen molar-refractivity contribution in [3.8, 4) is 11.3 Å². The van der Waals surface area contributed by atoms with Gasteiger partial charge in [-0.25, -0.2) is 4.39 Å². The average Bonchev–Trinajstić information content (AvgIpc) is 3.02. The number of hydrogen-bond acceptors (Lipinski definition) is 2. The summed E-state index contributed by atoms with van der Waals surface area (Å²) in [5, 5.41) is 2.74. The molecule has 1 amide bonds. The molecule has 6 heteroatoms. The molecule has 0 saturated carbocycles. The lowest BCUT2D eigenvalue weighted by Crippen LogP contribution is -2.11. The fourth-order valence-corrected chi connectivity index (χ4v) is 2.58. The predicted molar refractivity (Wildman–Crippen MR) is 91.2 cm³/mol. The van der Waals surface area contributed by atoms with Gasteiger partial charge in [0.05, 0.1) is 10.7 Å². The zero-order valence-electron chi connectivity index (χ0n) is 11.6. The number of carbonyl (C=O) groups excluding carboxylic acids is 1. The molecule has 1 heterocycles. The Hall–Kier alpha value is -2.11. The van der Waals surface area contributed by atoms with Crippen molar-refractivity contribution in [1.82, 2.24) is 0 Å². The molecular weight excluding hydrogens is 385 g/mol. The molecule has 1 aromatic heterocycles. The highest BCUT2D eigenvalue weighted by molar-refractivity contribution is 9.10. The van der Waals surface area contributed by atoms with Crippen LogP contribution in [0, 0.1) is 5.82 Å². The lowest BCUT2D eigenvalue weighted by atomic mass is 10.2. The molecule has 0 bridgehead atoms. The molecule has 23 heavy (non-hydrogen) atoms. The van der Waals surface area contributed by atoms with Crippen molar-refractivity contribution in [1.29, 1.82) is 0 Å². The van der Waals surface area contributed by atoms with Crippen LogP contribution in [-0.4, -0.2) is 5.91 Å². The van der Waals surface area contributed by atoms with Crippen molar-refractivity contribution < 1.29 is 13.6 Å². The normalized spacial score (nSPS) is 10.6. The smallest absolute Gasteiger partial charge is 0.291 e. The molecule has 0 radical (unpaired) electrons. The largest absolute Gasteiger partial charge is 0.451 e. The van der Waals surface area contributed by atoms with E-state index in [2.05, 4.69) is 21.2 Å². The highest BCUT2D eigenvalue weighted by atomic mass is 79.9. The molecule has 1 N–H and O–H groups in total. The first-order valence-corrected chi connectivity index (χ1v) is 7.83. The van der Waals surface area contributed by atoms with Gasteiger partial charge >= 0.3 is 0 Å². The fourth-order valence-electron chi connectivity index (χ4n) is 2.01. The van der Waals surface area contributed by atoms with Gasteiger partial charge < -0.3 is 9.73 Å². The summed E-state index contributed by atoms with van der Waals surface area (Å²) in [4.78, 5) is 12.2. The SMILES string of the molecule is O=C(Nc1ccccc1Br)c1ccc(-c2ccc(F)c(Cl)c2)o1. The number of carbonyl (C=O) groups is 1. The van der Waals surface area contributed by atoms with Crippen LogP contribution in [0.15, 0.2) is 63.5 Å². The van der Waals surface area contributed by atoms with E-state index in [1.165, 1.54) is 18.2 Å². The van der Waals surface area contributed by atoms with Crippen molar-refractivity contribution in [3.63, 3.8) is 0 Å². The molecule has 0 aliphatic rings. The molecule has 3 nitrogen and oxygen atoms in total. The highest BCUT2D eigenvalue weighted by Gasteiger charge is 2.14. The van der Waals surface area contributed by atoms with Crippen LogP contribution in [0.4, 0.5) is 10.1 Å². The first kappa shape index (κ1) is 15.8. The number of rotatable bonds is 3. The number of halogens is 3. The standard InChI is InChI=1S/C17H10BrClFNO2/c18-11-3-1-2-4-14(11)21-17(22)16-8-7-15(23-16)10-5-6-13(20)12(19)9-10/h1-9H,(H,21,22). The van der Waals surface area contributed by atoms with Crippen LogP contribution in [0.3, 0.4) is 0 Å². The maximum Gasteiger partial charge on any atom is 0.291 e. The maximum atomic E-state index is 13.2. The predicted octanol–water partition coefficient (Wildman–Crippen LogP) is 5.75. The van der Waals surface area contributed by atoms with Gasteiger partial charge in [0.15, 0.2) is 5.76 Å². The van der Waals surface area contributed by atoms with E-state index in [0.29, 0.717) is 17.0 Å². The van der Waals surface area contributed by atoms with E-state index in [4.69, 9.17) is 16.0 Å². The summed E-state index contributed by atoms with van der Waals surface area (Å²) in [5.41, 5.74) is 1.23. The summed E-state index contributed by atoms with van der Waals surface area (Å²) in [6, 6.07) is 14.7. The third-order valence-corrected chi connectivity index (χ3v) is 4.14. The van der Waals surface area contributed by atoms with Crippen LogP contribution in [-0.2, 0) is 0 Å². The molecule has 3 aromatic rings. The van der Waals surface area contributed by atoms with Gasteiger partial charge in [-0.2, -0.15) is 0 Å². The zero-order chi connectivity index (χ0) is 16.4. The van der Waals surface area contributed by atoms with Crippen LogP contribution < -0.4 is 5.32 Å². The Labute approximate surface area is 145 Å². The Balaban J connectivity index is 1.82. The van der Waals surface area contributed by atoms with Crippen LogP contribution in [0.5, 0.6) is 0 Å². The van der Waals surface area contributed by atoms with E-state index >= 15 is 0 Å². The van der Waals surface area contributed by atoms with Crippen molar-refractivity contribution in [2.24, 2.45) is 0 Å². The van der Waals surface area contributed by atoms with Crippen molar-refractivity contribution >= 4 is 39.1 Å². The summed E-state index contributed by atoms with van der Waals surface area (Å²) in [6.07, 6.45) is 0. The second-order valence-electron chi connectivity index (χ2n) is 4.73. The van der Waals surface area contributed by atoms with Crippen LogP contribution in [0.1, 0.15) is 10.6 Å². The Morgan fingerprint density at radius 1 is 1.13 bits per heavy atom. The number of nitrogens with one attached hydrogen (secondary N) is 1. The van der Waals surface area contributed by atoms with E-state index in [1.807, 2.05) is 18.2 Å². The summed E-state index contributed by atoms with van der Waals surface area (Å²) >= 11 is 9.12. The lowest BCUT2D eigenvalue weighted by Gasteiger charge is -2.05. The molecule has 116 valence electrons. The number of amides is 1. The Morgan fingerprint density at radius 2 is 1.91 bits per heavy atom. The van der Waals surface area contributed by atoms with Crippen LogP contribution >= 0.6 is 27.5 Å². The summed E-state index contributed by atoms with van der Waals surface area (Å²) < 4.78 is 19.5. The van der Waals surface area contributed by atoms with Gasteiger partial charge in [-0.1, -0.05) is 23.7 Å². The Kier molecular flexibility index (Phi) is 4.50. The molecule has 0 aliphatic heterocycles. The first-order chi connectivity index (χ1) is 11.0. The molecule has 0 spiro atoms. The average molecular weight is 395 g/mol. The van der Waals surface area contributed by atoms with Gasteiger partial charge in [-0.3, -0.25) is 4.79 Å². The number of anilines is 1. The van der Waals surface area contributed by atoms with Gasteiger partial charge in [-0.05, 0) is 58.4 Å².